The zero-order valence-corrected chi connectivity index (χ0v) is 15.0. The van der Waals surface area contributed by atoms with Crippen LogP contribution < -0.4 is 9.47 Å². The van der Waals surface area contributed by atoms with E-state index in [1.807, 2.05) is 30.3 Å². The number of aryl methyl sites for hydroxylation is 1. The van der Waals surface area contributed by atoms with Gasteiger partial charge < -0.3 is 18.7 Å². The minimum Gasteiger partial charge on any atom is -0.497 e. The van der Waals surface area contributed by atoms with Gasteiger partial charge in [-0.15, -0.1) is 0 Å². The minimum absolute atomic E-state index is 0.166. The third kappa shape index (κ3) is 5.57. The van der Waals surface area contributed by atoms with Crippen molar-refractivity contribution in [1.82, 2.24) is 10.1 Å². The minimum atomic E-state index is -0.340. The molecule has 7 heteroatoms. The van der Waals surface area contributed by atoms with Crippen LogP contribution in [-0.4, -0.2) is 36.4 Å². The molecule has 0 amide bonds. The Bertz CT molecular complexity index is 846. The predicted octanol–water partition coefficient (Wildman–Crippen LogP) is 3.30. The number of rotatable bonds is 9. The molecule has 0 spiro atoms. The summed E-state index contributed by atoms with van der Waals surface area (Å²) in [6.07, 6.45) is 0.497. The van der Waals surface area contributed by atoms with Gasteiger partial charge in [0.1, 0.15) is 24.7 Å². The lowest BCUT2D eigenvalue weighted by Crippen LogP contribution is -2.12. The highest BCUT2D eigenvalue weighted by Crippen LogP contribution is 2.17. The molecule has 0 bridgehead atoms. The van der Waals surface area contributed by atoms with Gasteiger partial charge in [-0.05, 0) is 24.3 Å². The molecule has 0 aliphatic rings. The summed E-state index contributed by atoms with van der Waals surface area (Å²) in [5.74, 6) is 2.01. The Kier molecular flexibility index (Phi) is 6.40. The van der Waals surface area contributed by atoms with E-state index >= 15 is 0 Å². The number of benzene rings is 2. The molecule has 0 N–H and O–H groups in total. The van der Waals surface area contributed by atoms with Crippen LogP contribution in [0.25, 0.3) is 11.4 Å². The molecule has 2 aromatic carbocycles. The van der Waals surface area contributed by atoms with Gasteiger partial charge >= 0.3 is 5.97 Å². The van der Waals surface area contributed by atoms with Crippen LogP contribution in [0.4, 0.5) is 0 Å². The molecule has 0 aliphatic heterocycles. The highest BCUT2D eigenvalue weighted by atomic mass is 16.6. The molecule has 0 saturated carbocycles. The molecule has 0 unspecified atom stereocenters. The van der Waals surface area contributed by atoms with Crippen molar-refractivity contribution < 1.29 is 23.5 Å². The normalized spacial score (nSPS) is 10.4. The van der Waals surface area contributed by atoms with Crippen molar-refractivity contribution in [2.45, 2.75) is 12.8 Å². The van der Waals surface area contributed by atoms with Gasteiger partial charge in [-0.2, -0.15) is 4.98 Å². The monoisotopic (exact) mass is 368 g/mol. The lowest BCUT2D eigenvalue weighted by Gasteiger charge is -2.07. The molecule has 3 rings (SSSR count). The summed E-state index contributed by atoms with van der Waals surface area (Å²) in [5, 5.41) is 3.92. The first-order valence-corrected chi connectivity index (χ1v) is 8.55. The second kappa shape index (κ2) is 9.38. The molecule has 0 atom stereocenters. The molecule has 27 heavy (non-hydrogen) atoms. The van der Waals surface area contributed by atoms with Crippen LogP contribution in [0.5, 0.6) is 11.5 Å². The molecule has 0 radical (unpaired) electrons. The number of carbonyl (C=O) groups excluding carboxylic acids is 1. The van der Waals surface area contributed by atoms with Crippen LogP contribution in [0.3, 0.4) is 0 Å². The van der Waals surface area contributed by atoms with Crippen LogP contribution >= 0.6 is 0 Å². The summed E-state index contributed by atoms with van der Waals surface area (Å²) < 4.78 is 20.9. The fraction of sp³-hybridized carbons (Fsp3) is 0.250. The third-order valence-corrected chi connectivity index (χ3v) is 3.72. The Hall–Kier alpha value is -3.35. The Morgan fingerprint density at radius 2 is 1.74 bits per heavy atom. The SMILES string of the molecule is COc1ccc(OCCOC(=O)CCc2nc(-c3ccccc3)no2)cc1. The Labute approximate surface area is 156 Å². The average molecular weight is 368 g/mol. The number of nitrogens with zero attached hydrogens (tertiary/aromatic N) is 2. The van der Waals surface area contributed by atoms with Gasteiger partial charge in [0.15, 0.2) is 0 Å². The van der Waals surface area contributed by atoms with Gasteiger partial charge in [0.25, 0.3) is 0 Å². The molecule has 0 saturated heterocycles. The molecule has 7 nitrogen and oxygen atoms in total. The van der Waals surface area contributed by atoms with Crippen LogP contribution in [-0.2, 0) is 16.0 Å². The highest BCUT2D eigenvalue weighted by Gasteiger charge is 2.11. The number of esters is 1. The second-order valence-electron chi connectivity index (χ2n) is 5.62. The molecule has 0 aliphatic carbocycles. The first-order chi connectivity index (χ1) is 13.2. The van der Waals surface area contributed by atoms with Gasteiger partial charge in [0.2, 0.25) is 11.7 Å². The van der Waals surface area contributed by atoms with E-state index in [1.165, 1.54) is 0 Å². The van der Waals surface area contributed by atoms with Crippen molar-refractivity contribution in [2.24, 2.45) is 0 Å². The molecule has 140 valence electrons. The van der Waals surface area contributed by atoms with E-state index in [-0.39, 0.29) is 25.6 Å². The van der Waals surface area contributed by atoms with Crippen LogP contribution in [0.15, 0.2) is 59.1 Å². The Morgan fingerprint density at radius 3 is 2.48 bits per heavy atom. The standard InChI is InChI=1S/C20H20N2O5/c1-24-16-7-9-17(10-8-16)25-13-14-26-19(23)12-11-18-21-20(22-27-18)15-5-3-2-4-6-15/h2-10H,11-14H2,1H3. The maximum Gasteiger partial charge on any atom is 0.306 e. The van der Waals surface area contributed by atoms with E-state index in [1.54, 1.807) is 31.4 Å². The molecule has 1 aromatic heterocycles. The summed E-state index contributed by atoms with van der Waals surface area (Å²) in [7, 11) is 1.60. The van der Waals surface area contributed by atoms with E-state index in [4.69, 9.17) is 18.7 Å². The van der Waals surface area contributed by atoms with E-state index < -0.39 is 0 Å². The number of hydrogen-bond donors (Lipinski definition) is 0. The largest absolute Gasteiger partial charge is 0.497 e. The highest BCUT2D eigenvalue weighted by molar-refractivity contribution is 5.69. The first-order valence-electron chi connectivity index (χ1n) is 8.55. The van der Waals surface area contributed by atoms with E-state index in [0.29, 0.717) is 23.9 Å². The summed E-state index contributed by atoms with van der Waals surface area (Å²) in [6.45, 7) is 0.445. The quantitative estimate of drug-likeness (QED) is 0.423. The van der Waals surface area contributed by atoms with Crippen molar-refractivity contribution in [3.05, 3.63) is 60.5 Å². The van der Waals surface area contributed by atoms with Crippen molar-refractivity contribution in [2.75, 3.05) is 20.3 Å². The second-order valence-corrected chi connectivity index (χ2v) is 5.62. The molecular formula is C20H20N2O5. The molecule has 0 fully saturated rings. The van der Waals surface area contributed by atoms with Crippen molar-refractivity contribution in [1.29, 1.82) is 0 Å². The topological polar surface area (TPSA) is 83.7 Å². The predicted molar refractivity (Wildman–Crippen MR) is 97.5 cm³/mol. The van der Waals surface area contributed by atoms with Crippen LogP contribution in [0, 0.1) is 0 Å². The molecular weight excluding hydrogens is 348 g/mol. The fourth-order valence-electron chi connectivity index (χ4n) is 2.33. The maximum atomic E-state index is 11.8. The number of carbonyl (C=O) groups is 1. The number of ether oxygens (including phenoxy) is 3. The van der Waals surface area contributed by atoms with Gasteiger partial charge in [-0.25, -0.2) is 0 Å². The fourth-order valence-corrected chi connectivity index (χ4v) is 2.33. The third-order valence-electron chi connectivity index (χ3n) is 3.72. The summed E-state index contributed by atoms with van der Waals surface area (Å²) in [4.78, 5) is 16.1. The zero-order chi connectivity index (χ0) is 18.9. The summed E-state index contributed by atoms with van der Waals surface area (Å²) in [5.41, 5.74) is 0.866. The van der Waals surface area contributed by atoms with Gasteiger partial charge in [0.05, 0.1) is 13.5 Å². The smallest absolute Gasteiger partial charge is 0.306 e. The van der Waals surface area contributed by atoms with E-state index in [0.717, 1.165) is 11.3 Å². The number of hydrogen-bond acceptors (Lipinski definition) is 7. The lowest BCUT2D eigenvalue weighted by atomic mass is 10.2. The van der Waals surface area contributed by atoms with Gasteiger partial charge in [0, 0.05) is 12.0 Å². The Balaban J connectivity index is 1.35. The number of methoxy groups -OCH3 is 1. The van der Waals surface area contributed by atoms with Crippen LogP contribution in [0.1, 0.15) is 12.3 Å². The average Bonchev–Trinajstić information content (AvgIpc) is 3.20. The van der Waals surface area contributed by atoms with Crippen molar-refractivity contribution in [3.63, 3.8) is 0 Å². The first kappa shape index (κ1) is 18.4. The Morgan fingerprint density at radius 1 is 1.00 bits per heavy atom. The van der Waals surface area contributed by atoms with Crippen molar-refractivity contribution >= 4 is 5.97 Å². The van der Waals surface area contributed by atoms with E-state index in [9.17, 15) is 4.79 Å². The van der Waals surface area contributed by atoms with Gasteiger partial charge in [-0.3, -0.25) is 4.79 Å². The van der Waals surface area contributed by atoms with Crippen LogP contribution in [0.2, 0.25) is 0 Å². The molecule has 3 aromatic rings. The lowest BCUT2D eigenvalue weighted by molar-refractivity contribution is -0.144. The summed E-state index contributed by atoms with van der Waals surface area (Å²) >= 11 is 0. The maximum absolute atomic E-state index is 11.8. The van der Waals surface area contributed by atoms with E-state index in [2.05, 4.69) is 10.1 Å². The number of aromatic nitrogens is 2. The molecule has 1 heterocycles. The zero-order valence-electron chi connectivity index (χ0n) is 15.0. The van der Waals surface area contributed by atoms with Crippen molar-refractivity contribution in [3.8, 4) is 22.9 Å². The van der Waals surface area contributed by atoms with Gasteiger partial charge in [-0.1, -0.05) is 35.5 Å². The summed E-state index contributed by atoms with van der Waals surface area (Å²) in [6, 6.07) is 16.7.